The van der Waals surface area contributed by atoms with Gasteiger partial charge in [0.25, 0.3) is 0 Å². The van der Waals surface area contributed by atoms with Crippen molar-refractivity contribution in [1.29, 1.82) is 0 Å². The second-order valence-corrected chi connectivity index (χ2v) is 3.12. The van der Waals surface area contributed by atoms with E-state index in [0.29, 0.717) is 0 Å². The first-order valence-electron chi connectivity index (χ1n) is 4.63. The van der Waals surface area contributed by atoms with Crippen molar-refractivity contribution >= 4 is 12.1 Å². The van der Waals surface area contributed by atoms with E-state index < -0.39 is 18.2 Å². The van der Waals surface area contributed by atoms with Gasteiger partial charge in [-0.2, -0.15) is 0 Å². The fraction of sp³-hybridized carbons (Fsp3) is 0.750. The van der Waals surface area contributed by atoms with E-state index in [4.69, 9.17) is 14.7 Å². The molecule has 1 rings (SSSR count). The monoisotopic (exact) mass is 234 g/mol. The van der Waals surface area contributed by atoms with Crippen LogP contribution in [0.5, 0.6) is 0 Å². The van der Waals surface area contributed by atoms with E-state index >= 15 is 0 Å². The summed E-state index contributed by atoms with van der Waals surface area (Å²) in [5, 5.41) is 9.62. The Morgan fingerprint density at radius 1 is 1.56 bits per heavy atom. The highest BCUT2D eigenvalue weighted by Gasteiger charge is 2.31. The van der Waals surface area contributed by atoms with E-state index in [2.05, 4.69) is 4.84 Å². The van der Waals surface area contributed by atoms with Gasteiger partial charge >= 0.3 is 12.1 Å². The van der Waals surface area contributed by atoms with Gasteiger partial charge in [-0.3, -0.25) is 4.84 Å². The van der Waals surface area contributed by atoms with Gasteiger partial charge in [-0.05, 0) is 5.23 Å². The van der Waals surface area contributed by atoms with Crippen LogP contribution >= 0.6 is 0 Å². The molecule has 0 aliphatic carbocycles. The van der Waals surface area contributed by atoms with Gasteiger partial charge in [0.15, 0.2) is 6.10 Å². The number of amides is 1. The molecule has 1 heterocycles. The number of carbonyl (C=O) groups excluding carboxylic acids is 1. The topological polar surface area (TPSA) is 88.5 Å². The summed E-state index contributed by atoms with van der Waals surface area (Å²) in [5.41, 5.74) is 0. The molecule has 0 aromatic carbocycles. The predicted octanol–water partition coefficient (Wildman–Crippen LogP) is -0.683. The van der Waals surface area contributed by atoms with Gasteiger partial charge in [0.1, 0.15) is 0 Å². The molecular formula is C8H14N2O6. The minimum atomic E-state index is -1.08. The Labute approximate surface area is 92.2 Å². The molecule has 0 spiro atoms. The van der Waals surface area contributed by atoms with Crippen LogP contribution in [-0.4, -0.2) is 67.3 Å². The van der Waals surface area contributed by atoms with Crippen molar-refractivity contribution in [2.45, 2.75) is 6.10 Å². The third kappa shape index (κ3) is 3.33. The van der Waals surface area contributed by atoms with Crippen LogP contribution in [0.2, 0.25) is 0 Å². The Hall–Kier alpha value is -1.38. The standard InChI is InChI=1S/C8H14N2O6/c1-9(14-2)16-7(11)6-5-10(8(12)13)3-4-15-6/h6H,3-5H2,1-2H3,(H,12,13)/t6-/m0/s1. The van der Waals surface area contributed by atoms with Gasteiger partial charge in [-0.25, -0.2) is 9.59 Å². The highest BCUT2D eigenvalue weighted by atomic mass is 17.0. The van der Waals surface area contributed by atoms with E-state index in [0.717, 1.165) is 10.1 Å². The zero-order chi connectivity index (χ0) is 12.1. The molecule has 0 aromatic heterocycles. The summed E-state index contributed by atoms with van der Waals surface area (Å²) in [7, 11) is 2.73. The van der Waals surface area contributed by atoms with Crippen molar-refractivity contribution in [3.8, 4) is 0 Å². The average Bonchev–Trinajstić information content (AvgIpc) is 2.28. The number of rotatable bonds is 3. The molecule has 1 amide bonds. The lowest BCUT2D eigenvalue weighted by molar-refractivity contribution is -0.323. The van der Waals surface area contributed by atoms with Gasteiger partial charge in [0.2, 0.25) is 0 Å². The molecule has 8 nitrogen and oxygen atoms in total. The molecule has 0 aromatic rings. The Morgan fingerprint density at radius 3 is 2.81 bits per heavy atom. The number of nitrogens with zero attached hydrogens (tertiary/aromatic N) is 2. The molecule has 1 saturated heterocycles. The maximum Gasteiger partial charge on any atom is 0.407 e. The first-order valence-corrected chi connectivity index (χ1v) is 4.63. The lowest BCUT2D eigenvalue weighted by atomic mass is 10.3. The minimum absolute atomic E-state index is 0.0360. The van der Waals surface area contributed by atoms with E-state index in [1.165, 1.54) is 14.2 Å². The van der Waals surface area contributed by atoms with Crippen LogP contribution in [0.3, 0.4) is 0 Å². The number of carboxylic acid groups (broad SMARTS) is 1. The van der Waals surface area contributed by atoms with Gasteiger partial charge in [-0.1, -0.05) is 0 Å². The lowest BCUT2D eigenvalue weighted by Gasteiger charge is -2.29. The van der Waals surface area contributed by atoms with Crippen molar-refractivity contribution < 1.29 is 29.1 Å². The van der Waals surface area contributed by atoms with Crippen LogP contribution < -0.4 is 0 Å². The summed E-state index contributed by atoms with van der Waals surface area (Å²) in [6.07, 6.45) is -2.00. The van der Waals surface area contributed by atoms with E-state index in [1.807, 2.05) is 0 Å². The third-order valence-electron chi connectivity index (χ3n) is 2.08. The van der Waals surface area contributed by atoms with Gasteiger partial charge in [0, 0.05) is 6.54 Å². The number of hydroxylamine groups is 2. The molecule has 92 valence electrons. The van der Waals surface area contributed by atoms with Crippen molar-refractivity contribution in [2.24, 2.45) is 0 Å². The average molecular weight is 234 g/mol. The van der Waals surface area contributed by atoms with Crippen LogP contribution in [0.1, 0.15) is 0 Å². The molecule has 0 unspecified atom stereocenters. The van der Waals surface area contributed by atoms with Gasteiger partial charge < -0.3 is 19.6 Å². The first-order chi connectivity index (χ1) is 7.54. The van der Waals surface area contributed by atoms with Crippen LogP contribution in [0.25, 0.3) is 0 Å². The fourth-order valence-corrected chi connectivity index (χ4v) is 1.19. The van der Waals surface area contributed by atoms with E-state index in [9.17, 15) is 9.59 Å². The molecule has 1 atom stereocenters. The SMILES string of the molecule is CON(C)OC(=O)[C@@H]1CN(C(=O)O)CCO1. The molecule has 1 aliphatic heterocycles. The summed E-state index contributed by atoms with van der Waals surface area (Å²) < 4.78 is 5.10. The molecule has 8 heteroatoms. The van der Waals surface area contributed by atoms with Gasteiger partial charge in [0.05, 0.1) is 27.3 Å². The highest BCUT2D eigenvalue weighted by Crippen LogP contribution is 2.07. The molecule has 16 heavy (non-hydrogen) atoms. The number of hydrogen-bond donors (Lipinski definition) is 1. The molecule has 1 aliphatic rings. The number of ether oxygens (including phenoxy) is 1. The Morgan fingerprint density at radius 2 is 2.25 bits per heavy atom. The van der Waals surface area contributed by atoms with Crippen LogP contribution in [0.15, 0.2) is 0 Å². The number of morpholine rings is 1. The van der Waals surface area contributed by atoms with Crippen molar-refractivity contribution in [1.82, 2.24) is 10.1 Å². The minimum Gasteiger partial charge on any atom is -0.465 e. The summed E-state index contributed by atoms with van der Waals surface area (Å²) >= 11 is 0. The molecule has 0 radical (unpaired) electrons. The normalized spacial score (nSPS) is 20.9. The molecular weight excluding hydrogens is 220 g/mol. The van der Waals surface area contributed by atoms with Crippen LogP contribution in [0, 0.1) is 0 Å². The lowest BCUT2D eigenvalue weighted by Crippen LogP contribution is -2.49. The quantitative estimate of drug-likeness (QED) is 0.647. The maximum absolute atomic E-state index is 11.4. The summed E-state index contributed by atoms with van der Waals surface area (Å²) in [6, 6.07) is 0. The summed E-state index contributed by atoms with van der Waals surface area (Å²) in [6.45, 7) is 0.383. The smallest absolute Gasteiger partial charge is 0.407 e. The molecule has 1 fully saturated rings. The zero-order valence-corrected chi connectivity index (χ0v) is 9.08. The highest BCUT2D eigenvalue weighted by molar-refractivity contribution is 5.76. The van der Waals surface area contributed by atoms with Crippen molar-refractivity contribution in [2.75, 3.05) is 33.9 Å². The zero-order valence-electron chi connectivity index (χ0n) is 9.08. The second-order valence-electron chi connectivity index (χ2n) is 3.12. The largest absolute Gasteiger partial charge is 0.465 e. The molecule has 0 bridgehead atoms. The third-order valence-corrected chi connectivity index (χ3v) is 2.08. The molecule has 1 N–H and O–H groups in total. The first kappa shape index (κ1) is 12.7. The van der Waals surface area contributed by atoms with Gasteiger partial charge in [-0.15, -0.1) is 0 Å². The maximum atomic E-state index is 11.4. The second kappa shape index (κ2) is 5.64. The van der Waals surface area contributed by atoms with E-state index in [1.54, 1.807) is 0 Å². The van der Waals surface area contributed by atoms with Crippen molar-refractivity contribution in [3.63, 3.8) is 0 Å². The fourth-order valence-electron chi connectivity index (χ4n) is 1.19. The summed E-state index contributed by atoms with van der Waals surface area (Å²) in [5.74, 6) is -0.685. The molecule has 0 saturated carbocycles. The van der Waals surface area contributed by atoms with Crippen LogP contribution in [-0.2, 0) is 19.2 Å². The Kier molecular flexibility index (Phi) is 4.47. The predicted molar refractivity (Wildman–Crippen MR) is 50.2 cm³/mol. The van der Waals surface area contributed by atoms with Crippen molar-refractivity contribution in [3.05, 3.63) is 0 Å². The van der Waals surface area contributed by atoms with Crippen LogP contribution in [0.4, 0.5) is 4.79 Å². The Balaban J connectivity index is 2.47. The number of carbonyl (C=O) groups is 2. The Bertz CT molecular complexity index is 271. The number of hydrogen-bond acceptors (Lipinski definition) is 6. The van der Waals surface area contributed by atoms with E-state index in [-0.39, 0.29) is 19.7 Å². The summed E-state index contributed by atoms with van der Waals surface area (Å²) in [4.78, 5) is 32.5.